The van der Waals surface area contributed by atoms with Crippen LogP contribution in [0.25, 0.3) is 0 Å². The summed E-state index contributed by atoms with van der Waals surface area (Å²) in [6, 6.07) is 2.54. The highest BCUT2D eigenvalue weighted by Gasteiger charge is 2.31. The molecule has 0 aliphatic heterocycles. The number of ether oxygens (including phenoxy) is 1. The lowest BCUT2D eigenvalue weighted by molar-refractivity contribution is -0.384. The largest absolute Gasteiger partial charge is 0.469 e. The van der Waals surface area contributed by atoms with Crippen LogP contribution in [0, 0.1) is 16.0 Å². The van der Waals surface area contributed by atoms with Crippen molar-refractivity contribution >= 4 is 40.5 Å². The topological polar surface area (TPSA) is 81.5 Å². The molecule has 1 fully saturated rings. The fraction of sp³-hybridized carbons (Fsp3) is 0.462. The van der Waals surface area contributed by atoms with Gasteiger partial charge in [0.1, 0.15) is 0 Å². The van der Waals surface area contributed by atoms with Crippen molar-refractivity contribution in [1.29, 1.82) is 0 Å². The highest BCUT2D eigenvalue weighted by molar-refractivity contribution is 6.39. The zero-order valence-electron chi connectivity index (χ0n) is 11.3. The third-order valence-corrected chi connectivity index (χ3v) is 4.15. The van der Waals surface area contributed by atoms with Crippen LogP contribution in [0.1, 0.15) is 19.3 Å². The number of benzene rings is 1. The molecule has 1 aromatic rings. The summed E-state index contributed by atoms with van der Waals surface area (Å²) in [4.78, 5) is 21.7. The van der Waals surface area contributed by atoms with Crippen LogP contribution in [0.5, 0.6) is 0 Å². The van der Waals surface area contributed by atoms with Gasteiger partial charge in [-0.1, -0.05) is 23.2 Å². The molecule has 1 aliphatic carbocycles. The van der Waals surface area contributed by atoms with Gasteiger partial charge in [-0.2, -0.15) is 0 Å². The highest BCUT2D eigenvalue weighted by Crippen LogP contribution is 2.37. The first-order chi connectivity index (χ1) is 9.92. The molecule has 114 valence electrons. The quantitative estimate of drug-likeness (QED) is 0.517. The van der Waals surface area contributed by atoms with E-state index in [1.807, 2.05) is 0 Å². The molecule has 0 unspecified atom stereocenters. The number of non-ortho nitro benzene ring substituents is 1. The minimum atomic E-state index is -0.551. The summed E-state index contributed by atoms with van der Waals surface area (Å²) in [5, 5.41) is 14.3. The molecule has 2 rings (SSSR count). The Kier molecular flexibility index (Phi) is 4.90. The average Bonchev–Trinajstić information content (AvgIpc) is 2.90. The average molecular weight is 333 g/mol. The van der Waals surface area contributed by atoms with Crippen LogP contribution in [-0.4, -0.2) is 24.0 Å². The van der Waals surface area contributed by atoms with E-state index in [-0.39, 0.29) is 33.7 Å². The van der Waals surface area contributed by atoms with Crippen LogP contribution in [0.15, 0.2) is 12.1 Å². The molecule has 0 amide bonds. The van der Waals surface area contributed by atoms with Crippen LogP contribution >= 0.6 is 23.2 Å². The number of nitrogens with zero attached hydrogens (tertiary/aromatic N) is 1. The number of methoxy groups -OCH3 is 1. The van der Waals surface area contributed by atoms with Gasteiger partial charge in [0.15, 0.2) is 0 Å². The van der Waals surface area contributed by atoms with Gasteiger partial charge in [0, 0.05) is 18.2 Å². The Morgan fingerprint density at radius 1 is 1.38 bits per heavy atom. The zero-order chi connectivity index (χ0) is 15.6. The molecule has 1 aromatic carbocycles. The molecule has 0 bridgehead atoms. The standard InChI is InChI=1S/C13H14Cl2N2O4/c1-21-13(18)7-2-3-8(4-7)16-12-10(14)5-9(17(19)20)6-11(12)15/h5-8,16H,2-4H2,1H3/t7-,8+/m0/s1. The van der Waals surface area contributed by atoms with Crippen molar-refractivity contribution in [3.63, 3.8) is 0 Å². The van der Waals surface area contributed by atoms with Crippen molar-refractivity contribution < 1.29 is 14.5 Å². The lowest BCUT2D eigenvalue weighted by atomic mass is 10.1. The highest BCUT2D eigenvalue weighted by atomic mass is 35.5. The summed E-state index contributed by atoms with van der Waals surface area (Å²) < 4.78 is 4.73. The number of hydrogen-bond donors (Lipinski definition) is 1. The lowest BCUT2D eigenvalue weighted by Gasteiger charge is -2.16. The molecular formula is C13H14Cl2N2O4. The van der Waals surface area contributed by atoms with Gasteiger partial charge in [0.05, 0.1) is 33.7 Å². The van der Waals surface area contributed by atoms with E-state index in [1.165, 1.54) is 19.2 Å². The minimum Gasteiger partial charge on any atom is -0.469 e. The fourth-order valence-electron chi connectivity index (χ4n) is 2.50. The Bertz CT molecular complexity index is 556. The number of hydrogen-bond acceptors (Lipinski definition) is 5. The number of carbonyl (C=O) groups is 1. The fourth-order valence-corrected chi connectivity index (χ4v) is 3.09. The Morgan fingerprint density at radius 2 is 2.00 bits per heavy atom. The normalized spacial score (nSPS) is 21.1. The lowest BCUT2D eigenvalue weighted by Crippen LogP contribution is -2.19. The maximum atomic E-state index is 11.5. The number of nitro groups is 1. The van der Waals surface area contributed by atoms with Crippen molar-refractivity contribution in [2.45, 2.75) is 25.3 Å². The SMILES string of the molecule is COC(=O)[C@H]1CC[C@@H](Nc2c(Cl)cc([N+](=O)[O-])cc2Cl)C1. The molecular weight excluding hydrogens is 319 g/mol. The molecule has 0 heterocycles. The molecule has 1 aliphatic rings. The van der Waals surface area contributed by atoms with Crippen molar-refractivity contribution in [2.75, 3.05) is 12.4 Å². The first kappa shape index (κ1) is 15.9. The number of rotatable bonds is 4. The second-order valence-electron chi connectivity index (χ2n) is 4.92. The maximum Gasteiger partial charge on any atom is 0.308 e. The maximum absolute atomic E-state index is 11.5. The molecule has 0 spiro atoms. The van der Waals surface area contributed by atoms with E-state index in [2.05, 4.69) is 5.32 Å². The van der Waals surface area contributed by atoms with Crippen molar-refractivity contribution in [2.24, 2.45) is 5.92 Å². The number of halogens is 2. The molecule has 1 saturated carbocycles. The first-order valence-corrected chi connectivity index (χ1v) is 7.15. The number of nitrogens with one attached hydrogen (secondary N) is 1. The van der Waals surface area contributed by atoms with E-state index >= 15 is 0 Å². The summed E-state index contributed by atoms with van der Waals surface area (Å²) in [5.41, 5.74) is 0.300. The molecule has 2 atom stereocenters. The van der Waals surface area contributed by atoms with E-state index < -0.39 is 4.92 Å². The van der Waals surface area contributed by atoms with Gasteiger partial charge in [-0.15, -0.1) is 0 Å². The van der Waals surface area contributed by atoms with E-state index in [4.69, 9.17) is 27.9 Å². The van der Waals surface area contributed by atoms with Gasteiger partial charge in [-0.3, -0.25) is 14.9 Å². The van der Waals surface area contributed by atoms with Crippen LogP contribution in [0.2, 0.25) is 10.0 Å². The number of esters is 1. The van der Waals surface area contributed by atoms with E-state index in [0.29, 0.717) is 12.1 Å². The molecule has 0 saturated heterocycles. The Morgan fingerprint density at radius 3 is 2.52 bits per heavy atom. The molecule has 21 heavy (non-hydrogen) atoms. The summed E-state index contributed by atoms with van der Waals surface area (Å²) >= 11 is 12.1. The van der Waals surface area contributed by atoms with Crippen molar-refractivity contribution in [1.82, 2.24) is 0 Å². The zero-order valence-corrected chi connectivity index (χ0v) is 12.8. The summed E-state index contributed by atoms with van der Waals surface area (Å²) in [5.74, 6) is -0.358. The third-order valence-electron chi connectivity index (χ3n) is 3.55. The summed E-state index contributed by atoms with van der Waals surface area (Å²) in [7, 11) is 1.37. The molecule has 8 heteroatoms. The van der Waals surface area contributed by atoms with Crippen molar-refractivity contribution in [3.8, 4) is 0 Å². The predicted molar refractivity (Wildman–Crippen MR) is 79.9 cm³/mol. The second-order valence-corrected chi connectivity index (χ2v) is 5.73. The molecule has 6 nitrogen and oxygen atoms in total. The monoisotopic (exact) mass is 332 g/mol. The van der Waals surface area contributed by atoms with Gasteiger partial charge in [0.2, 0.25) is 0 Å². The third kappa shape index (κ3) is 3.57. The van der Waals surface area contributed by atoms with E-state index in [9.17, 15) is 14.9 Å². The number of anilines is 1. The van der Waals surface area contributed by atoms with Gasteiger partial charge in [0.25, 0.3) is 5.69 Å². The van der Waals surface area contributed by atoms with E-state index in [1.54, 1.807) is 0 Å². The van der Waals surface area contributed by atoms with Crippen molar-refractivity contribution in [3.05, 3.63) is 32.3 Å². The molecule has 0 radical (unpaired) electrons. The van der Waals surface area contributed by atoms with Crippen LogP contribution in [0.4, 0.5) is 11.4 Å². The van der Waals surface area contributed by atoms with Gasteiger partial charge >= 0.3 is 5.97 Å². The first-order valence-electron chi connectivity index (χ1n) is 6.40. The molecule has 0 aromatic heterocycles. The number of nitro benzene ring substituents is 1. The van der Waals surface area contributed by atoms with Gasteiger partial charge in [-0.25, -0.2) is 0 Å². The minimum absolute atomic E-state index is 0.0329. The molecule has 1 N–H and O–H groups in total. The number of carbonyl (C=O) groups excluding carboxylic acids is 1. The summed E-state index contributed by atoms with van der Waals surface area (Å²) in [6.45, 7) is 0. The van der Waals surface area contributed by atoms with Crippen LogP contribution < -0.4 is 5.32 Å². The Labute approximate surface area is 131 Å². The smallest absolute Gasteiger partial charge is 0.308 e. The van der Waals surface area contributed by atoms with Gasteiger partial charge in [-0.05, 0) is 19.3 Å². The Balaban J connectivity index is 2.11. The second kappa shape index (κ2) is 6.49. The summed E-state index contributed by atoms with van der Waals surface area (Å²) in [6.07, 6.45) is 2.13. The predicted octanol–water partition coefficient (Wildman–Crippen LogP) is 3.66. The Hall–Kier alpha value is -1.53. The van der Waals surface area contributed by atoms with Crippen LogP contribution in [0.3, 0.4) is 0 Å². The van der Waals surface area contributed by atoms with E-state index in [0.717, 1.165) is 12.8 Å². The van der Waals surface area contributed by atoms with Crippen LogP contribution in [-0.2, 0) is 9.53 Å². The van der Waals surface area contributed by atoms with Gasteiger partial charge < -0.3 is 10.1 Å².